The number of hydrazone groups is 1. The zero-order valence-corrected chi connectivity index (χ0v) is 17.0. The van der Waals surface area contributed by atoms with E-state index in [1.54, 1.807) is 13.0 Å². The minimum atomic E-state index is -5.08. The Morgan fingerprint density at radius 1 is 1.23 bits per heavy atom. The van der Waals surface area contributed by atoms with Crippen LogP contribution in [0, 0.1) is 12.3 Å². The maximum absolute atomic E-state index is 12.6. The SMILES string of the molecule is C=NN(CCOc1cc(C)cc(OS(=O)(=O)c2ccccc2OC(F)(F)F)c1)C(=N)N. The van der Waals surface area contributed by atoms with E-state index in [0.29, 0.717) is 5.56 Å². The summed E-state index contributed by atoms with van der Waals surface area (Å²) < 4.78 is 77.2. The van der Waals surface area contributed by atoms with Crippen molar-refractivity contribution in [2.24, 2.45) is 10.8 Å². The molecule has 0 aliphatic heterocycles. The van der Waals surface area contributed by atoms with Gasteiger partial charge in [-0.2, -0.15) is 13.5 Å². The van der Waals surface area contributed by atoms with Crippen molar-refractivity contribution in [2.45, 2.75) is 18.2 Å². The minimum Gasteiger partial charge on any atom is -0.492 e. The summed E-state index contributed by atoms with van der Waals surface area (Å²) in [5.41, 5.74) is 5.87. The number of alkyl halides is 3. The number of nitrogens with zero attached hydrogens (tertiary/aromatic N) is 2. The lowest BCUT2D eigenvalue weighted by Crippen LogP contribution is -2.34. The Labute approximate surface area is 176 Å². The molecule has 0 aromatic heterocycles. The lowest BCUT2D eigenvalue weighted by Gasteiger charge is -2.17. The van der Waals surface area contributed by atoms with Crippen LogP contribution >= 0.6 is 0 Å². The van der Waals surface area contributed by atoms with Gasteiger partial charge >= 0.3 is 16.5 Å². The van der Waals surface area contributed by atoms with E-state index in [4.69, 9.17) is 20.1 Å². The summed E-state index contributed by atoms with van der Waals surface area (Å²) in [4.78, 5) is -0.787. The fraction of sp³-hybridized carbons (Fsp3) is 0.222. The topological polar surface area (TPSA) is 127 Å². The number of hydrogen-bond acceptors (Lipinski definition) is 7. The Hall–Kier alpha value is -3.48. The molecule has 2 rings (SSSR count). The molecule has 0 unspecified atom stereocenters. The van der Waals surface area contributed by atoms with E-state index in [0.717, 1.165) is 17.1 Å². The van der Waals surface area contributed by atoms with Gasteiger partial charge in [-0.05, 0) is 36.8 Å². The number of halogens is 3. The summed E-state index contributed by atoms with van der Waals surface area (Å²) in [6.45, 7) is 5.03. The van der Waals surface area contributed by atoms with Crippen molar-refractivity contribution >= 4 is 22.8 Å². The molecule has 0 saturated heterocycles. The number of ether oxygens (including phenoxy) is 2. The Morgan fingerprint density at radius 3 is 2.48 bits per heavy atom. The molecule has 3 N–H and O–H groups in total. The average Bonchev–Trinajstić information content (AvgIpc) is 2.63. The summed E-state index contributed by atoms with van der Waals surface area (Å²) >= 11 is 0. The van der Waals surface area contributed by atoms with Crippen LogP contribution in [0.4, 0.5) is 13.2 Å². The highest BCUT2D eigenvalue weighted by molar-refractivity contribution is 7.87. The smallest absolute Gasteiger partial charge is 0.492 e. The molecule has 0 radical (unpaired) electrons. The number of guanidine groups is 1. The van der Waals surface area contributed by atoms with Crippen molar-refractivity contribution in [2.75, 3.05) is 13.2 Å². The van der Waals surface area contributed by atoms with Crippen molar-refractivity contribution in [3.63, 3.8) is 0 Å². The molecule has 0 bridgehead atoms. The molecule has 2 aromatic carbocycles. The number of hydrogen-bond donors (Lipinski definition) is 2. The molecule has 9 nitrogen and oxygen atoms in total. The molecular weight excluding hydrogens is 441 g/mol. The predicted octanol–water partition coefficient (Wildman–Crippen LogP) is 2.85. The van der Waals surface area contributed by atoms with E-state index in [9.17, 15) is 21.6 Å². The number of nitrogens with two attached hydrogens (primary N) is 1. The first-order chi connectivity index (χ1) is 14.4. The van der Waals surface area contributed by atoms with Crippen molar-refractivity contribution in [1.29, 1.82) is 5.41 Å². The van der Waals surface area contributed by atoms with Gasteiger partial charge in [0.15, 0.2) is 5.75 Å². The Kier molecular flexibility index (Phi) is 7.33. The fourth-order valence-corrected chi connectivity index (χ4v) is 3.44. The summed E-state index contributed by atoms with van der Waals surface area (Å²) in [6.07, 6.45) is -5.08. The molecule has 0 fully saturated rings. The summed E-state index contributed by atoms with van der Waals surface area (Å²) in [6, 6.07) is 8.42. The van der Waals surface area contributed by atoms with Gasteiger partial charge in [-0.15, -0.1) is 13.2 Å². The molecule has 168 valence electrons. The molecule has 0 spiro atoms. The molecule has 0 atom stereocenters. The molecule has 0 saturated carbocycles. The summed E-state index contributed by atoms with van der Waals surface area (Å²) in [7, 11) is -4.66. The Bertz CT molecular complexity index is 1060. The molecule has 13 heteroatoms. The third-order valence-electron chi connectivity index (χ3n) is 3.60. The van der Waals surface area contributed by atoms with Crippen molar-refractivity contribution in [3.05, 3.63) is 48.0 Å². The average molecular weight is 460 g/mol. The number of nitrogens with one attached hydrogen (secondary N) is 1. The quantitative estimate of drug-likeness (QED) is 0.255. The molecule has 31 heavy (non-hydrogen) atoms. The lowest BCUT2D eigenvalue weighted by atomic mass is 10.2. The molecule has 0 aliphatic carbocycles. The third kappa shape index (κ3) is 7.06. The maximum Gasteiger partial charge on any atom is 0.573 e. The summed E-state index contributed by atoms with van der Waals surface area (Å²) in [5, 5.41) is 11.9. The van der Waals surface area contributed by atoms with Crippen LogP contribution in [0.2, 0.25) is 0 Å². The van der Waals surface area contributed by atoms with Crippen LogP contribution < -0.4 is 19.4 Å². The second-order valence-electron chi connectivity index (χ2n) is 6.01. The number of aryl methyl sites for hydroxylation is 1. The van der Waals surface area contributed by atoms with Gasteiger partial charge in [-0.25, -0.2) is 5.01 Å². The highest BCUT2D eigenvalue weighted by Gasteiger charge is 2.34. The van der Waals surface area contributed by atoms with E-state index in [1.165, 1.54) is 24.3 Å². The Morgan fingerprint density at radius 2 is 1.87 bits per heavy atom. The van der Waals surface area contributed by atoms with Gasteiger partial charge < -0.3 is 19.4 Å². The zero-order valence-electron chi connectivity index (χ0n) is 16.2. The monoisotopic (exact) mass is 460 g/mol. The molecule has 0 heterocycles. The lowest BCUT2D eigenvalue weighted by molar-refractivity contribution is -0.275. The van der Waals surface area contributed by atoms with Crippen molar-refractivity contribution < 1.29 is 35.2 Å². The second kappa shape index (κ2) is 9.55. The van der Waals surface area contributed by atoms with Crippen LogP contribution in [0.5, 0.6) is 17.2 Å². The van der Waals surface area contributed by atoms with Gasteiger partial charge in [0.05, 0.1) is 6.54 Å². The van der Waals surface area contributed by atoms with E-state index in [2.05, 4.69) is 16.6 Å². The van der Waals surface area contributed by atoms with Gasteiger partial charge in [-0.1, -0.05) is 12.1 Å². The predicted molar refractivity (Wildman–Crippen MR) is 106 cm³/mol. The van der Waals surface area contributed by atoms with Gasteiger partial charge in [0.1, 0.15) is 23.0 Å². The highest BCUT2D eigenvalue weighted by atomic mass is 32.2. The van der Waals surface area contributed by atoms with Crippen LogP contribution in [0.25, 0.3) is 0 Å². The zero-order chi connectivity index (χ0) is 23.2. The van der Waals surface area contributed by atoms with Gasteiger partial charge in [0.2, 0.25) is 5.96 Å². The van der Waals surface area contributed by atoms with Crippen LogP contribution in [0.15, 0.2) is 52.5 Å². The molecular formula is C18H19F3N4O5S. The highest BCUT2D eigenvalue weighted by Crippen LogP contribution is 2.32. The molecule has 0 amide bonds. The first-order valence-electron chi connectivity index (χ1n) is 8.53. The minimum absolute atomic E-state index is 0.0243. The standard InChI is InChI=1S/C18H19F3N4O5S/c1-12-9-13(28-8-7-25(24-2)17(22)23)11-14(10-12)30-31(26,27)16-6-4-3-5-15(16)29-18(19,20)21/h3-6,9-11H,2,7-8H2,1H3,(H3,22,23). The Balaban J connectivity index is 2.21. The van der Waals surface area contributed by atoms with Gasteiger partial charge in [0.25, 0.3) is 0 Å². The van der Waals surface area contributed by atoms with Crippen molar-refractivity contribution in [1.82, 2.24) is 5.01 Å². The maximum atomic E-state index is 12.6. The molecule has 0 aliphatic rings. The largest absolute Gasteiger partial charge is 0.573 e. The first kappa shape index (κ1) is 23.8. The van der Waals surface area contributed by atoms with Gasteiger partial charge in [0, 0.05) is 12.8 Å². The van der Waals surface area contributed by atoms with Crippen LogP contribution in [0.3, 0.4) is 0 Å². The summed E-state index contributed by atoms with van der Waals surface area (Å²) in [5.74, 6) is -1.21. The third-order valence-corrected chi connectivity index (χ3v) is 4.88. The number of para-hydroxylation sites is 1. The normalized spacial score (nSPS) is 11.5. The molecule has 2 aromatic rings. The van der Waals surface area contributed by atoms with Crippen LogP contribution in [0.1, 0.15) is 5.56 Å². The fourth-order valence-electron chi connectivity index (χ4n) is 2.40. The van der Waals surface area contributed by atoms with E-state index < -0.39 is 27.1 Å². The van der Waals surface area contributed by atoms with E-state index >= 15 is 0 Å². The van der Waals surface area contributed by atoms with Gasteiger partial charge in [-0.3, -0.25) is 5.41 Å². The van der Waals surface area contributed by atoms with Crippen LogP contribution in [-0.2, 0) is 10.1 Å². The first-order valence-corrected chi connectivity index (χ1v) is 9.94. The second-order valence-corrected chi connectivity index (χ2v) is 7.53. The number of benzene rings is 2. The van der Waals surface area contributed by atoms with Crippen molar-refractivity contribution in [3.8, 4) is 17.2 Å². The van der Waals surface area contributed by atoms with Crippen LogP contribution in [-0.4, -0.2) is 45.6 Å². The van der Waals surface area contributed by atoms with E-state index in [-0.39, 0.29) is 30.6 Å². The number of rotatable bonds is 9. The van der Waals surface area contributed by atoms with E-state index in [1.807, 2.05) is 0 Å².